The van der Waals surface area contributed by atoms with Crippen molar-refractivity contribution in [3.63, 3.8) is 0 Å². The first kappa shape index (κ1) is 34.6. The van der Waals surface area contributed by atoms with Crippen LogP contribution >= 0.6 is 0 Å². The molecule has 0 heterocycles. The number of hydrogen-bond acceptors (Lipinski definition) is 2. The van der Waals surface area contributed by atoms with Crippen LogP contribution in [0.2, 0.25) is 0 Å². The monoisotopic (exact) mass is 746 g/mol. The van der Waals surface area contributed by atoms with Crippen molar-refractivity contribution < 1.29 is 0 Å². The summed E-state index contributed by atoms with van der Waals surface area (Å²) in [7, 11) is 0. The first-order valence-corrected chi connectivity index (χ1v) is 20.7. The van der Waals surface area contributed by atoms with Crippen molar-refractivity contribution in [2.24, 2.45) is 5.92 Å². The van der Waals surface area contributed by atoms with Gasteiger partial charge >= 0.3 is 0 Å². The van der Waals surface area contributed by atoms with Crippen LogP contribution in [0, 0.1) is 5.92 Å². The van der Waals surface area contributed by atoms with Gasteiger partial charge in [0.05, 0.1) is 5.69 Å². The molecule has 0 fully saturated rings. The van der Waals surface area contributed by atoms with E-state index in [-0.39, 0.29) is 16.7 Å². The number of anilines is 5. The molecule has 280 valence electrons. The number of rotatable bonds is 6. The van der Waals surface area contributed by atoms with E-state index in [1.807, 2.05) is 0 Å². The summed E-state index contributed by atoms with van der Waals surface area (Å²) in [5.74, 6) is 0.234. The maximum atomic E-state index is 2.59. The zero-order valence-corrected chi connectivity index (χ0v) is 33.6. The first-order valence-electron chi connectivity index (χ1n) is 20.7. The van der Waals surface area contributed by atoms with Gasteiger partial charge in [-0.15, -0.1) is 0 Å². The molecule has 0 aromatic heterocycles. The van der Waals surface area contributed by atoms with Crippen molar-refractivity contribution in [1.29, 1.82) is 0 Å². The topological polar surface area (TPSA) is 6.48 Å². The Morgan fingerprint density at radius 3 is 1.59 bits per heavy atom. The van der Waals surface area contributed by atoms with E-state index >= 15 is 0 Å². The molecule has 7 aromatic carbocycles. The molecule has 2 nitrogen and oxygen atoms in total. The molecule has 2 heteroatoms. The Kier molecular flexibility index (Phi) is 7.72. The van der Waals surface area contributed by atoms with Crippen LogP contribution in [0.5, 0.6) is 0 Å². The van der Waals surface area contributed by atoms with Crippen molar-refractivity contribution in [3.05, 3.63) is 227 Å². The van der Waals surface area contributed by atoms with E-state index in [0.29, 0.717) is 0 Å². The van der Waals surface area contributed by atoms with Gasteiger partial charge in [-0.3, -0.25) is 0 Å². The maximum absolute atomic E-state index is 2.59. The predicted octanol–water partition coefficient (Wildman–Crippen LogP) is 14.9. The molecule has 0 saturated heterocycles. The third-order valence-electron chi connectivity index (χ3n) is 13.3. The maximum Gasteiger partial charge on any atom is 0.0543 e. The lowest BCUT2D eigenvalue weighted by Crippen LogP contribution is -2.29. The van der Waals surface area contributed by atoms with E-state index in [9.17, 15) is 0 Å². The minimum Gasteiger partial charge on any atom is -0.314 e. The van der Waals surface area contributed by atoms with Crippen LogP contribution in [0.25, 0.3) is 27.5 Å². The second-order valence-corrected chi connectivity index (χ2v) is 17.3. The highest BCUT2D eigenvalue weighted by Gasteiger charge is 2.47. The number of fused-ring (bicyclic) bond motifs is 9. The summed E-state index contributed by atoms with van der Waals surface area (Å²) in [6.07, 6.45) is 10.6. The second kappa shape index (κ2) is 12.9. The molecule has 11 rings (SSSR count). The van der Waals surface area contributed by atoms with Crippen molar-refractivity contribution in [1.82, 2.24) is 0 Å². The van der Waals surface area contributed by atoms with Crippen LogP contribution in [0.1, 0.15) is 56.4 Å². The van der Waals surface area contributed by atoms with E-state index < -0.39 is 0 Å². The third kappa shape index (κ3) is 5.04. The summed E-state index contributed by atoms with van der Waals surface area (Å²) >= 11 is 0. The van der Waals surface area contributed by atoms with Gasteiger partial charge in [-0.25, -0.2) is 0 Å². The number of nitrogens with zero attached hydrogens (tertiary/aromatic N) is 2. The molecule has 4 aliphatic carbocycles. The third-order valence-corrected chi connectivity index (χ3v) is 13.3. The summed E-state index contributed by atoms with van der Waals surface area (Å²) in [5, 5.41) is 2.56. The van der Waals surface area contributed by atoms with Gasteiger partial charge in [0.15, 0.2) is 0 Å². The average molecular weight is 747 g/mol. The van der Waals surface area contributed by atoms with Crippen molar-refractivity contribution in [3.8, 4) is 11.1 Å². The van der Waals surface area contributed by atoms with Crippen molar-refractivity contribution in [2.75, 3.05) is 9.80 Å². The predicted molar refractivity (Wildman–Crippen MR) is 245 cm³/mol. The van der Waals surface area contributed by atoms with Gasteiger partial charge in [0.2, 0.25) is 0 Å². The van der Waals surface area contributed by atoms with Gasteiger partial charge in [-0.2, -0.15) is 0 Å². The van der Waals surface area contributed by atoms with Crippen molar-refractivity contribution in [2.45, 2.75) is 44.9 Å². The summed E-state index contributed by atoms with van der Waals surface area (Å²) in [6.45, 7) is 9.78. The number of hydrogen-bond donors (Lipinski definition) is 0. The fourth-order valence-corrected chi connectivity index (χ4v) is 10.5. The smallest absolute Gasteiger partial charge is 0.0543 e. The zero-order chi connectivity index (χ0) is 39.2. The molecule has 1 atom stereocenters. The number of para-hydroxylation sites is 4. The molecule has 0 bridgehead atoms. The lowest BCUT2D eigenvalue weighted by molar-refractivity contribution is 0.637. The quantitative estimate of drug-likeness (QED) is 0.167. The molecule has 4 aliphatic rings. The second-order valence-electron chi connectivity index (χ2n) is 17.3. The molecule has 7 aromatic rings. The summed E-state index contributed by atoms with van der Waals surface area (Å²) in [6, 6.07) is 60.2. The average Bonchev–Trinajstić information content (AvgIpc) is 3.63. The zero-order valence-electron chi connectivity index (χ0n) is 33.6. The molecule has 0 aliphatic heterocycles. The Morgan fingerprint density at radius 2 is 1.00 bits per heavy atom. The van der Waals surface area contributed by atoms with Gasteiger partial charge in [0.25, 0.3) is 0 Å². The van der Waals surface area contributed by atoms with Gasteiger partial charge < -0.3 is 9.80 Å². The Morgan fingerprint density at radius 1 is 0.500 bits per heavy atom. The SMILES string of the molecule is CC1(C)C2=C(C3=CC=CCC3C(N(c3ccccc3)c3ccccc3)=C2)c2cc3c(cc21)-c1c(cc(N(c2ccccc2)c2ccccc2)c2ccccc12)C3(C)C. The molecule has 58 heavy (non-hydrogen) atoms. The highest BCUT2D eigenvalue weighted by Crippen LogP contribution is 2.61. The fourth-order valence-electron chi connectivity index (χ4n) is 10.5. The minimum atomic E-state index is -0.224. The minimum absolute atomic E-state index is 0.211. The highest BCUT2D eigenvalue weighted by molar-refractivity contribution is 6.10. The van der Waals surface area contributed by atoms with Gasteiger partial charge in [0.1, 0.15) is 0 Å². The van der Waals surface area contributed by atoms with E-state index in [1.165, 1.54) is 83.6 Å². The molecule has 0 spiro atoms. The highest BCUT2D eigenvalue weighted by atomic mass is 15.2. The summed E-state index contributed by atoms with van der Waals surface area (Å²) < 4.78 is 0. The lowest BCUT2D eigenvalue weighted by Gasteiger charge is -2.39. The largest absolute Gasteiger partial charge is 0.314 e. The number of allylic oxidation sites excluding steroid dienone is 7. The van der Waals surface area contributed by atoms with E-state index in [4.69, 9.17) is 0 Å². The fraction of sp³-hybridized carbons (Fsp3) is 0.143. The lowest BCUT2D eigenvalue weighted by atomic mass is 9.73. The molecule has 0 N–H and O–H groups in total. The summed E-state index contributed by atoms with van der Waals surface area (Å²) in [5.41, 5.74) is 19.4. The molecule has 0 amide bonds. The molecule has 0 radical (unpaired) electrons. The van der Waals surface area contributed by atoms with E-state index in [1.54, 1.807) is 0 Å². The van der Waals surface area contributed by atoms with Gasteiger partial charge in [-0.05, 0) is 135 Å². The van der Waals surface area contributed by atoms with Crippen LogP contribution in [-0.2, 0) is 10.8 Å². The Labute approximate surface area is 342 Å². The first-order chi connectivity index (χ1) is 28.3. The van der Waals surface area contributed by atoms with Crippen LogP contribution in [0.4, 0.5) is 28.4 Å². The van der Waals surface area contributed by atoms with Crippen LogP contribution in [0.3, 0.4) is 0 Å². The van der Waals surface area contributed by atoms with E-state index in [2.05, 4.69) is 226 Å². The number of benzene rings is 7. The molecule has 0 saturated carbocycles. The van der Waals surface area contributed by atoms with Crippen molar-refractivity contribution >= 4 is 44.8 Å². The Balaban J connectivity index is 1.12. The molecule has 1 unspecified atom stereocenters. The van der Waals surface area contributed by atoms with Crippen LogP contribution in [-0.4, -0.2) is 0 Å². The molecular formula is C56H46N2. The standard InChI is InChI=1S/C56H46N2/c1-55(2)47-33-46-48(34-45(47)53-43-31-19-17-29-41(43)51(35-49(53)55)57(37-21-9-5-10-22-37)38-23-11-6-12-24-38)56(3,4)50-36-52(42-30-18-20-32-44(42)54(46)50)58(39-25-13-7-14-26-39)40-27-15-8-16-28-40/h5-29,31-36,42H,30H2,1-4H3. The van der Waals surface area contributed by atoms with E-state index in [0.717, 1.165) is 17.8 Å². The van der Waals surface area contributed by atoms with Crippen LogP contribution < -0.4 is 9.80 Å². The Hall–Kier alpha value is -6.64. The van der Waals surface area contributed by atoms with Crippen LogP contribution in [0.15, 0.2) is 205 Å². The molecular weight excluding hydrogens is 701 g/mol. The van der Waals surface area contributed by atoms with Gasteiger partial charge in [-0.1, -0.05) is 143 Å². The summed E-state index contributed by atoms with van der Waals surface area (Å²) in [4.78, 5) is 4.93. The van der Waals surface area contributed by atoms with Gasteiger partial charge in [0, 0.05) is 50.6 Å². The Bertz CT molecular complexity index is 2810. The normalized spacial score (nSPS) is 17.8.